The molecule has 0 spiro atoms. The van der Waals surface area contributed by atoms with Crippen LogP contribution in [0.2, 0.25) is 0 Å². The summed E-state index contributed by atoms with van der Waals surface area (Å²) in [5.41, 5.74) is 0.862. The molecule has 3 aliphatic rings. The van der Waals surface area contributed by atoms with Gasteiger partial charge < -0.3 is 29.5 Å². The van der Waals surface area contributed by atoms with Crippen LogP contribution in [0.3, 0.4) is 0 Å². The number of piperidine rings is 1. The van der Waals surface area contributed by atoms with E-state index in [9.17, 15) is 14.4 Å². The number of fused-ring (bicyclic) bond motifs is 3. The maximum atomic E-state index is 13.5. The van der Waals surface area contributed by atoms with Gasteiger partial charge in [-0.25, -0.2) is 4.79 Å². The molecule has 4 rings (SSSR count). The van der Waals surface area contributed by atoms with Gasteiger partial charge in [0.25, 0.3) is 0 Å². The van der Waals surface area contributed by atoms with Gasteiger partial charge in [0.1, 0.15) is 18.9 Å². The van der Waals surface area contributed by atoms with E-state index in [1.807, 2.05) is 49.1 Å². The van der Waals surface area contributed by atoms with Gasteiger partial charge in [0.2, 0.25) is 11.8 Å². The minimum absolute atomic E-state index is 0.000534. The second kappa shape index (κ2) is 12.3. The first-order chi connectivity index (χ1) is 17.4. The molecule has 0 saturated carbocycles. The number of nitrogens with one attached hydrogen (secondary N) is 1. The molecule has 1 aromatic rings. The van der Waals surface area contributed by atoms with E-state index in [4.69, 9.17) is 9.47 Å². The fraction of sp³-hybridized carbons (Fsp3) is 0.593. The second-order valence-electron chi connectivity index (χ2n) is 10.1. The minimum atomic E-state index is -0.161. The van der Waals surface area contributed by atoms with Crippen LogP contribution < -0.4 is 10.1 Å². The molecule has 1 N–H and O–H groups in total. The largest absolute Gasteiger partial charge is 0.489 e. The normalized spacial score (nSPS) is 24.1. The molecule has 2 saturated heterocycles. The number of carbonyl (C=O) groups is 3. The molecule has 0 aromatic heterocycles. The van der Waals surface area contributed by atoms with Gasteiger partial charge in [-0.1, -0.05) is 30.4 Å². The summed E-state index contributed by atoms with van der Waals surface area (Å²) in [5.74, 6) is 0.859. The first-order valence-electron chi connectivity index (χ1n) is 13.0. The zero-order valence-electron chi connectivity index (χ0n) is 21.4. The van der Waals surface area contributed by atoms with Gasteiger partial charge in [0.05, 0.1) is 19.8 Å². The quantitative estimate of drug-likeness (QED) is 0.646. The van der Waals surface area contributed by atoms with E-state index in [0.717, 1.165) is 12.0 Å². The Balaban J connectivity index is 1.56. The van der Waals surface area contributed by atoms with E-state index in [1.165, 1.54) is 0 Å². The van der Waals surface area contributed by atoms with E-state index >= 15 is 0 Å². The van der Waals surface area contributed by atoms with Crippen LogP contribution in [0.5, 0.6) is 5.75 Å². The third-order valence-electron chi connectivity index (χ3n) is 6.99. The number of morpholine rings is 1. The number of nitrogens with zero attached hydrogens (tertiary/aromatic N) is 3. The molecule has 9 heteroatoms. The van der Waals surface area contributed by atoms with E-state index < -0.39 is 0 Å². The summed E-state index contributed by atoms with van der Waals surface area (Å²) in [6, 6.07) is 7.58. The van der Waals surface area contributed by atoms with Crippen LogP contribution in [-0.4, -0.2) is 91.1 Å². The third kappa shape index (κ3) is 6.78. The molecule has 196 valence electrons. The first kappa shape index (κ1) is 26.0. The maximum absolute atomic E-state index is 13.5. The molecule has 2 fully saturated rings. The zero-order chi connectivity index (χ0) is 25.5. The van der Waals surface area contributed by atoms with Gasteiger partial charge in [-0.15, -0.1) is 0 Å². The van der Waals surface area contributed by atoms with Gasteiger partial charge in [-0.05, 0) is 38.2 Å². The monoisotopic (exact) mass is 498 g/mol. The minimum Gasteiger partial charge on any atom is -0.489 e. The molecular weight excluding hydrogens is 460 g/mol. The van der Waals surface area contributed by atoms with Crippen LogP contribution in [0.1, 0.15) is 32.3 Å². The van der Waals surface area contributed by atoms with Crippen molar-refractivity contribution in [3.63, 3.8) is 0 Å². The fourth-order valence-electron chi connectivity index (χ4n) is 5.11. The average molecular weight is 499 g/mol. The molecule has 4 amide bonds. The molecule has 0 aliphatic carbocycles. The fourth-order valence-corrected chi connectivity index (χ4v) is 5.11. The Morgan fingerprint density at radius 1 is 1.08 bits per heavy atom. The Morgan fingerprint density at radius 2 is 1.86 bits per heavy atom. The van der Waals surface area contributed by atoms with Gasteiger partial charge >= 0.3 is 6.03 Å². The maximum Gasteiger partial charge on any atom is 0.320 e. The summed E-state index contributed by atoms with van der Waals surface area (Å²) in [7, 11) is 0. The van der Waals surface area contributed by atoms with Crippen molar-refractivity contribution in [1.29, 1.82) is 0 Å². The molecular formula is C27H38N4O5. The molecule has 36 heavy (non-hydrogen) atoms. The molecule has 9 nitrogen and oxygen atoms in total. The van der Waals surface area contributed by atoms with E-state index in [0.29, 0.717) is 58.2 Å². The van der Waals surface area contributed by atoms with Gasteiger partial charge in [-0.2, -0.15) is 0 Å². The van der Waals surface area contributed by atoms with E-state index in [1.54, 1.807) is 9.80 Å². The molecule has 2 bridgehead atoms. The topological polar surface area (TPSA) is 91.4 Å². The van der Waals surface area contributed by atoms with Crippen LogP contribution in [0.15, 0.2) is 36.4 Å². The van der Waals surface area contributed by atoms with Crippen LogP contribution in [0.4, 0.5) is 4.79 Å². The van der Waals surface area contributed by atoms with Gasteiger partial charge in [-0.3, -0.25) is 9.59 Å². The van der Waals surface area contributed by atoms with Crippen molar-refractivity contribution < 1.29 is 23.9 Å². The van der Waals surface area contributed by atoms with Crippen LogP contribution in [0.25, 0.3) is 0 Å². The van der Waals surface area contributed by atoms with Crippen molar-refractivity contribution in [1.82, 2.24) is 20.0 Å². The lowest BCUT2D eigenvalue weighted by Gasteiger charge is -2.39. The Kier molecular flexibility index (Phi) is 8.85. The highest BCUT2D eigenvalue weighted by Crippen LogP contribution is 2.29. The number of amides is 4. The van der Waals surface area contributed by atoms with Crippen molar-refractivity contribution in [3.8, 4) is 5.75 Å². The predicted octanol–water partition coefficient (Wildman–Crippen LogP) is 2.27. The number of ether oxygens (including phenoxy) is 2. The molecule has 3 heterocycles. The third-order valence-corrected chi connectivity index (χ3v) is 6.99. The predicted molar refractivity (Wildman–Crippen MR) is 135 cm³/mol. The van der Waals surface area contributed by atoms with Gasteiger partial charge in [0.15, 0.2) is 0 Å². The lowest BCUT2D eigenvalue weighted by molar-refractivity contribution is -0.134. The summed E-state index contributed by atoms with van der Waals surface area (Å²) in [5, 5.41) is 2.98. The molecule has 0 radical (unpaired) electrons. The highest BCUT2D eigenvalue weighted by Gasteiger charge is 2.33. The first-order valence-corrected chi connectivity index (χ1v) is 13.0. The Labute approximate surface area is 213 Å². The summed E-state index contributed by atoms with van der Waals surface area (Å²) < 4.78 is 11.5. The molecule has 1 aromatic carbocycles. The van der Waals surface area contributed by atoms with Crippen molar-refractivity contribution in [2.24, 2.45) is 11.8 Å². The summed E-state index contributed by atoms with van der Waals surface area (Å²) in [6.07, 6.45) is 5.24. The standard InChI is InChI=1S/C27H38N4O5/c1-20(2)28-25(32)16-21-9-10-30-17-22(21)7-5-13-36-24-8-4-3-6-23(24)18-31(19-26(30)33)27(34)29-11-14-35-15-12-29/h3-8,20-22H,9-19H2,1-2H3,(H,28,32)/b7-5-/t21-,22-/m0/s1. The number of carbonyl (C=O) groups excluding carboxylic acids is 3. The zero-order valence-corrected chi connectivity index (χ0v) is 21.4. The van der Waals surface area contributed by atoms with Crippen molar-refractivity contribution in [2.75, 3.05) is 52.5 Å². The van der Waals surface area contributed by atoms with Crippen molar-refractivity contribution in [3.05, 3.63) is 42.0 Å². The number of benzene rings is 1. The van der Waals surface area contributed by atoms with Crippen molar-refractivity contribution in [2.45, 2.75) is 39.3 Å². The van der Waals surface area contributed by atoms with Crippen LogP contribution in [-0.2, 0) is 20.9 Å². The summed E-state index contributed by atoms with van der Waals surface area (Å²) in [4.78, 5) is 44.6. The molecule has 0 unspecified atom stereocenters. The number of hydrogen-bond acceptors (Lipinski definition) is 5. The summed E-state index contributed by atoms with van der Waals surface area (Å²) in [6.45, 7) is 7.71. The molecule has 3 aliphatic heterocycles. The Bertz CT molecular complexity index is 959. The number of hydrogen-bond donors (Lipinski definition) is 1. The Morgan fingerprint density at radius 3 is 2.64 bits per heavy atom. The Hall–Kier alpha value is -3.07. The molecule has 2 atom stereocenters. The highest BCUT2D eigenvalue weighted by atomic mass is 16.5. The highest BCUT2D eigenvalue weighted by molar-refractivity contribution is 5.84. The van der Waals surface area contributed by atoms with Gasteiger partial charge in [0, 0.05) is 44.2 Å². The summed E-state index contributed by atoms with van der Waals surface area (Å²) >= 11 is 0. The smallest absolute Gasteiger partial charge is 0.320 e. The van der Waals surface area contributed by atoms with E-state index in [-0.39, 0.29) is 48.8 Å². The lowest BCUT2D eigenvalue weighted by atomic mass is 9.82. The van der Waals surface area contributed by atoms with Crippen LogP contribution >= 0.6 is 0 Å². The van der Waals surface area contributed by atoms with Crippen molar-refractivity contribution >= 4 is 17.8 Å². The number of para-hydroxylation sites is 1. The average Bonchev–Trinajstić information content (AvgIpc) is 2.87. The van der Waals surface area contributed by atoms with Crippen LogP contribution in [0, 0.1) is 11.8 Å². The number of urea groups is 1. The SMILES string of the molecule is CC(C)NC(=O)C[C@@H]1CCN2C[C@@H]1/C=C\COc1ccccc1CN(C(=O)N1CCOCC1)CC2=O. The lowest BCUT2D eigenvalue weighted by Crippen LogP contribution is -2.52. The number of rotatable bonds is 3. The van der Waals surface area contributed by atoms with E-state index in [2.05, 4.69) is 11.4 Å². The second-order valence-corrected chi connectivity index (χ2v) is 10.1.